The van der Waals surface area contributed by atoms with E-state index in [-0.39, 0.29) is 11.9 Å². The van der Waals surface area contributed by atoms with Crippen LogP contribution in [-0.4, -0.2) is 36.2 Å². The molecule has 2 aromatic carbocycles. The van der Waals surface area contributed by atoms with Crippen molar-refractivity contribution in [2.45, 2.75) is 25.8 Å². The zero-order valence-electron chi connectivity index (χ0n) is 13.9. The third-order valence-corrected chi connectivity index (χ3v) is 4.08. The number of benzene rings is 2. The first-order chi connectivity index (χ1) is 11.8. The third kappa shape index (κ3) is 3.65. The van der Waals surface area contributed by atoms with Crippen molar-refractivity contribution in [3.63, 3.8) is 0 Å². The van der Waals surface area contributed by atoms with Gasteiger partial charge >= 0.3 is 0 Å². The number of para-hydroxylation sites is 2. The lowest BCUT2D eigenvalue weighted by Gasteiger charge is -2.28. The predicted molar refractivity (Wildman–Crippen MR) is 96.0 cm³/mol. The van der Waals surface area contributed by atoms with E-state index in [1.807, 2.05) is 65.7 Å². The number of rotatable bonds is 6. The lowest BCUT2D eigenvalue weighted by molar-refractivity contribution is 0.0693. The second kappa shape index (κ2) is 7.77. The summed E-state index contributed by atoms with van der Waals surface area (Å²) < 4.78 is 5.94. The highest BCUT2D eigenvalue weighted by molar-refractivity contribution is 5.97. The minimum Gasteiger partial charge on any atom is -0.457 e. The topological polar surface area (TPSA) is 41.9 Å². The minimum atomic E-state index is 0.0129. The Bertz CT molecular complexity index is 705. The first-order valence-electron chi connectivity index (χ1n) is 8.40. The maximum atomic E-state index is 13.1. The van der Waals surface area contributed by atoms with E-state index in [4.69, 9.17) is 4.74 Å². The number of ether oxygens (including phenoxy) is 1. The van der Waals surface area contributed by atoms with E-state index in [2.05, 4.69) is 11.9 Å². The average Bonchev–Trinajstić information content (AvgIpc) is 3.15. The highest BCUT2D eigenvalue weighted by atomic mass is 16.5. The molecule has 3 rings (SSSR count). The van der Waals surface area contributed by atoms with E-state index >= 15 is 0 Å². The van der Waals surface area contributed by atoms with Crippen molar-refractivity contribution in [3.8, 4) is 11.5 Å². The molecule has 0 radical (unpaired) electrons. The smallest absolute Gasteiger partial charge is 0.257 e. The molecule has 1 aliphatic rings. The number of amides is 1. The molecule has 0 N–H and O–H groups in total. The van der Waals surface area contributed by atoms with Gasteiger partial charge in [-0.3, -0.25) is 9.79 Å². The van der Waals surface area contributed by atoms with Gasteiger partial charge in [0.25, 0.3) is 5.91 Å². The molecule has 0 spiro atoms. The highest BCUT2D eigenvalue weighted by Crippen LogP contribution is 2.27. The molecule has 0 saturated carbocycles. The minimum absolute atomic E-state index is 0.0129. The van der Waals surface area contributed by atoms with Crippen molar-refractivity contribution in [2.75, 3.05) is 13.1 Å². The Balaban J connectivity index is 1.85. The maximum absolute atomic E-state index is 13.1. The van der Waals surface area contributed by atoms with Gasteiger partial charge in [0.15, 0.2) is 0 Å². The lowest BCUT2D eigenvalue weighted by Crippen LogP contribution is -2.41. The second-order valence-corrected chi connectivity index (χ2v) is 5.85. The number of hydrogen-bond acceptors (Lipinski definition) is 3. The van der Waals surface area contributed by atoms with E-state index in [1.54, 1.807) is 0 Å². The number of hydrogen-bond donors (Lipinski definition) is 0. The summed E-state index contributed by atoms with van der Waals surface area (Å²) in [5, 5.41) is 0. The Morgan fingerprint density at radius 2 is 1.92 bits per heavy atom. The molecule has 4 nitrogen and oxygen atoms in total. The van der Waals surface area contributed by atoms with Gasteiger partial charge in [0, 0.05) is 19.2 Å². The van der Waals surface area contributed by atoms with Crippen molar-refractivity contribution in [2.24, 2.45) is 4.99 Å². The summed E-state index contributed by atoms with van der Waals surface area (Å²) >= 11 is 0. The van der Waals surface area contributed by atoms with E-state index in [1.165, 1.54) is 0 Å². The summed E-state index contributed by atoms with van der Waals surface area (Å²) in [5.74, 6) is 1.33. The Labute approximate surface area is 142 Å². The van der Waals surface area contributed by atoms with Crippen molar-refractivity contribution >= 4 is 12.1 Å². The summed E-state index contributed by atoms with van der Waals surface area (Å²) in [6.07, 6.45) is 3.66. The van der Waals surface area contributed by atoms with E-state index in [9.17, 15) is 4.79 Å². The Hall–Kier alpha value is -2.62. The Morgan fingerprint density at radius 1 is 1.17 bits per heavy atom. The van der Waals surface area contributed by atoms with Gasteiger partial charge in [0.05, 0.1) is 18.2 Å². The van der Waals surface area contributed by atoms with Crippen LogP contribution in [0.4, 0.5) is 0 Å². The molecule has 0 unspecified atom stereocenters. The van der Waals surface area contributed by atoms with Crippen LogP contribution in [0.1, 0.15) is 30.1 Å². The second-order valence-electron chi connectivity index (χ2n) is 5.85. The SMILES string of the molecule is CCCN(C(=O)c1ccccc1Oc1ccccc1)[C@H]1CC=NC1. The summed E-state index contributed by atoms with van der Waals surface area (Å²) in [4.78, 5) is 19.3. The van der Waals surface area contributed by atoms with Gasteiger partial charge in [-0.25, -0.2) is 0 Å². The fourth-order valence-corrected chi connectivity index (χ4v) is 2.89. The van der Waals surface area contributed by atoms with E-state index in [0.717, 1.165) is 25.1 Å². The number of nitrogens with zero attached hydrogens (tertiary/aromatic N) is 2. The lowest BCUT2D eigenvalue weighted by atomic mass is 10.1. The molecule has 0 aliphatic carbocycles. The van der Waals surface area contributed by atoms with Crippen LogP contribution in [0.15, 0.2) is 59.6 Å². The van der Waals surface area contributed by atoms with Crippen LogP contribution in [0.25, 0.3) is 0 Å². The molecule has 2 aromatic rings. The van der Waals surface area contributed by atoms with Crippen molar-refractivity contribution in [1.29, 1.82) is 0 Å². The molecule has 0 bridgehead atoms. The van der Waals surface area contributed by atoms with Gasteiger partial charge in [-0.1, -0.05) is 37.3 Å². The monoisotopic (exact) mass is 322 g/mol. The molecule has 124 valence electrons. The quantitative estimate of drug-likeness (QED) is 0.801. The average molecular weight is 322 g/mol. The molecular weight excluding hydrogens is 300 g/mol. The highest BCUT2D eigenvalue weighted by Gasteiger charge is 2.27. The van der Waals surface area contributed by atoms with Gasteiger partial charge < -0.3 is 9.64 Å². The van der Waals surface area contributed by atoms with Crippen LogP contribution in [0.3, 0.4) is 0 Å². The van der Waals surface area contributed by atoms with E-state index in [0.29, 0.717) is 17.9 Å². The predicted octanol–water partition coefficient (Wildman–Crippen LogP) is 4.17. The molecule has 4 heteroatoms. The van der Waals surface area contributed by atoms with Crippen LogP contribution >= 0.6 is 0 Å². The first-order valence-corrected chi connectivity index (χ1v) is 8.40. The molecule has 1 aliphatic heterocycles. The van der Waals surface area contributed by atoms with Gasteiger partial charge in [-0.15, -0.1) is 0 Å². The molecule has 24 heavy (non-hydrogen) atoms. The number of aliphatic imine (C=N–C) groups is 1. The molecular formula is C20H22N2O2. The van der Waals surface area contributed by atoms with Crippen LogP contribution in [0, 0.1) is 0 Å². The molecule has 0 aromatic heterocycles. The van der Waals surface area contributed by atoms with Crippen molar-refractivity contribution in [3.05, 3.63) is 60.2 Å². The van der Waals surface area contributed by atoms with Crippen LogP contribution in [0.5, 0.6) is 11.5 Å². The fourth-order valence-electron chi connectivity index (χ4n) is 2.89. The zero-order chi connectivity index (χ0) is 16.8. The van der Waals surface area contributed by atoms with Gasteiger partial charge in [-0.2, -0.15) is 0 Å². The summed E-state index contributed by atoms with van der Waals surface area (Å²) in [7, 11) is 0. The molecule has 0 fully saturated rings. The van der Waals surface area contributed by atoms with Gasteiger partial charge in [0.1, 0.15) is 11.5 Å². The van der Waals surface area contributed by atoms with Crippen LogP contribution in [-0.2, 0) is 0 Å². The van der Waals surface area contributed by atoms with E-state index < -0.39 is 0 Å². The van der Waals surface area contributed by atoms with Crippen LogP contribution in [0.2, 0.25) is 0 Å². The molecule has 1 heterocycles. The van der Waals surface area contributed by atoms with Crippen LogP contribution < -0.4 is 4.74 Å². The normalized spacial score (nSPS) is 16.1. The molecule has 1 amide bonds. The largest absolute Gasteiger partial charge is 0.457 e. The first kappa shape index (κ1) is 16.2. The van der Waals surface area contributed by atoms with Gasteiger partial charge in [-0.05, 0) is 30.7 Å². The summed E-state index contributed by atoms with van der Waals surface area (Å²) in [6, 6.07) is 17.1. The van der Waals surface area contributed by atoms with Crippen molar-refractivity contribution < 1.29 is 9.53 Å². The molecule has 1 atom stereocenters. The molecule has 0 saturated heterocycles. The maximum Gasteiger partial charge on any atom is 0.257 e. The fraction of sp³-hybridized carbons (Fsp3) is 0.300. The van der Waals surface area contributed by atoms with Crippen molar-refractivity contribution in [1.82, 2.24) is 4.90 Å². The Morgan fingerprint density at radius 3 is 2.62 bits per heavy atom. The zero-order valence-corrected chi connectivity index (χ0v) is 13.9. The van der Waals surface area contributed by atoms with Gasteiger partial charge in [0.2, 0.25) is 0 Å². The summed E-state index contributed by atoms with van der Waals surface area (Å²) in [6.45, 7) is 3.50. The number of carbonyl (C=O) groups excluding carboxylic acids is 1. The standard InChI is InChI=1S/C20H22N2O2/c1-2-14-22(16-12-13-21-15-16)20(23)18-10-6-7-11-19(18)24-17-8-4-3-5-9-17/h3-11,13,16H,2,12,14-15H2,1H3/t16-/m0/s1. The Kier molecular flexibility index (Phi) is 5.26. The number of carbonyl (C=O) groups is 1. The summed E-state index contributed by atoms with van der Waals surface area (Å²) in [5.41, 5.74) is 0.599. The third-order valence-electron chi connectivity index (χ3n) is 4.08.